The van der Waals surface area contributed by atoms with Crippen LogP contribution in [0.5, 0.6) is 0 Å². The lowest BCUT2D eigenvalue weighted by Crippen LogP contribution is -1.85. The molecule has 0 atom stereocenters. The Bertz CT molecular complexity index is 793. The molecule has 0 aliphatic heterocycles. The van der Waals surface area contributed by atoms with Crippen molar-refractivity contribution in [2.75, 3.05) is 0 Å². The van der Waals surface area contributed by atoms with E-state index in [0.717, 1.165) is 22.3 Å². The lowest BCUT2D eigenvalue weighted by atomic mass is 10.0. The third-order valence-corrected chi connectivity index (χ3v) is 2.88. The van der Waals surface area contributed by atoms with Gasteiger partial charge in [-0.2, -0.15) is 5.26 Å². The van der Waals surface area contributed by atoms with Crippen LogP contribution < -0.4 is 0 Å². The van der Waals surface area contributed by atoms with Crippen LogP contribution >= 0.6 is 0 Å². The van der Waals surface area contributed by atoms with Crippen LogP contribution in [-0.2, 0) is 0 Å². The van der Waals surface area contributed by atoms with Gasteiger partial charge in [0, 0.05) is 17.8 Å². The summed E-state index contributed by atoms with van der Waals surface area (Å²) in [5, 5.41) is 17.0. The Morgan fingerprint density at radius 1 is 1.11 bits per heavy atom. The summed E-state index contributed by atoms with van der Waals surface area (Å²) < 4.78 is 1.74. The van der Waals surface area contributed by atoms with E-state index in [0.29, 0.717) is 0 Å². The molecule has 0 aliphatic carbocycles. The topological polar surface area (TPSA) is 54.0 Å². The molecule has 2 heterocycles. The molecule has 19 heavy (non-hydrogen) atoms. The Kier molecular flexibility index (Phi) is 2.79. The number of benzene rings is 1. The molecule has 0 saturated heterocycles. The smallest absolute Gasteiger partial charge is 0.121 e. The molecular formula is C15H10N4. The maximum atomic E-state index is 8.65. The number of nitrogens with zero attached hydrogens (tertiary/aromatic N) is 4. The number of hydrogen-bond acceptors (Lipinski definition) is 3. The van der Waals surface area contributed by atoms with Gasteiger partial charge < -0.3 is 0 Å². The van der Waals surface area contributed by atoms with E-state index in [2.05, 4.69) is 10.3 Å². The Balaban J connectivity index is 2.22. The fourth-order valence-corrected chi connectivity index (χ4v) is 2.02. The van der Waals surface area contributed by atoms with Crippen LogP contribution in [0, 0.1) is 11.3 Å². The summed E-state index contributed by atoms with van der Waals surface area (Å²) in [4.78, 5) is 0. The van der Waals surface area contributed by atoms with Crippen LogP contribution in [0.15, 0.2) is 54.7 Å². The average molecular weight is 246 g/mol. The van der Waals surface area contributed by atoms with Crippen LogP contribution in [0.4, 0.5) is 0 Å². The lowest BCUT2D eigenvalue weighted by Gasteiger charge is -2.02. The normalized spacial score (nSPS) is 10.9. The Labute approximate surface area is 110 Å². The van der Waals surface area contributed by atoms with E-state index >= 15 is 0 Å². The molecule has 3 aromatic rings. The zero-order chi connectivity index (χ0) is 13.1. The van der Waals surface area contributed by atoms with E-state index < -0.39 is 0 Å². The predicted octanol–water partition coefficient (Wildman–Crippen LogP) is 2.93. The van der Waals surface area contributed by atoms with Crippen LogP contribution in [0.2, 0.25) is 0 Å². The van der Waals surface area contributed by atoms with Gasteiger partial charge in [0.15, 0.2) is 0 Å². The van der Waals surface area contributed by atoms with Crippen molar-refractivity contribution in [3.05, 3.63) is 60.3 Å². The van der Waals surface area contributed by atoms with E-state index in [4.69, 9.17) is 5.26 Å². The molecule has 0 saturated carbocycles. The van der Waals surface area contributed by atoms with Crippen LogP contribution in [0.25, 0.3) is 22.9 Å². The minimum Gasteiger partial charge on any atom is -0.220 e. The molecule has 0 N–H and O–H groups in total. The molecule has 0 aliphatic rings. The average Bonchev–Trinajstić information content (AvgIpc) is 2.89. The monoisotopic (exact) mass is 246 g/mol. The van der Waals surface area contributed by atoms with Gasteiger partial charge in [0.25, 0.3) is 0 Å². The number of hydrogen-bond donors (Lipinski definition) is 0. The maximum Gasteiger partial charge on any atom is 0.121 e. The van der Waals surface area contributed by atoms with Crippen molar-refractivity contribution in [2.24, 2.45) is 0 Å². The van der Waals surface area contributed by atoms with Gasteiger partial charge in [-0.05, 0) is 23.8 Å². The predicted molar refractivity (Wildman–Crippen MR) is 73.1 cm³/mol. The fraction of sp³-hybridized carbons (Fsp3) is 0. The van der Waals surface area contributed by atoms with Crippen molar-refractivity contribution in [1.82, 2.24) is 14.8 Å². The largest absolute Gasteiger partial charge is 0.220 e. The van der Waals surface area contributed by atoms with E-state index in [1.165, 1.54) is 6.08 Å². The third kappa shape index (κ3) is 1.98. The first-order valence-corrected chi connectivity index (χ1v) is 5.86. The Morgan fingerprint density at radius 2 is 1.95 bits per heavy atom. The summed E-state index contributed by atoms with van der Waals surface area (Å²) >= 11 is 0. The van der Waals surface area contributed by atoms with Crippen molar-refractivity contribution in [2.45, 2.75) is 0 Å². The maximum absolute atomic E-state index is 8.65. The second-order valence-electron chi connectivity index (χ2n) is 4.02. The number of rotatable bonds is 2. The van der Waals surface area contributed by atoms with Gasteiger partial charge in [0.2, 0.25) is 0 Å². The molecule has 0 bridgehead atoms. The minimum atomic E-state index is 0.818. The highest BCUT2D eigenvalue weighted by molar-refractivity contribution is 5.82. The summed E-state index contributed by atoms with van der Waals surface area (Å²) in [6.07, 6.45) is 5.10. The SMILES string of the molecule is N#C/C=C/c1ccccc1-c1nnn2ccccc12. The summed E-state index contributed by atoms with van der Waals surface area (Å²) in [5.74, 6) is 0. The van der Waals surface area contributed by atoms with E-state index in [1.54, 1.807) is 10.6 Å². The molecule has 0 radical (unpaired) electrons. The minimum absolute atomic E-state index is 0.818. The molecular weight excluding hydrogens is 236 g/mol. The summed E-state index contributed by atoms with van der Waals surface area (Å²) in [7, 11) is 0. The number of allylic oxidation sites excluding steroid dienone is 1. The highest BCUT2D eigenvalue weighted by Crippen LogP contribution is 2.26. The molecule has 4 nitrogen and oxygen atoms in total. The van der Waals surface area contributed by atoms with Crippen LogP contribution in [0.1, 0.15) is 5.56 Å². The Hall–Kier alpha value is -2.93. The van der Waals surface area contributed by atoms with E-state index in [1.807, 2.05) is 54.7 Å². The first kappa shape index (κ1) is 11.2. The van der Waals surface area contributed by atoms with Gasteiger partial charge in [-0.15, -0.1) is 5.10 Å². The number of fused-ring (bicyclic) bond motifs is 1. The molecule has 4 heteroatoms. The van der Waals surface area contributed by atoms with Gasteiger partial charge in [-0.25, -0.2) is 4.52 Å². The third-order valence-electron chi connectivity index (χ3n) is 2.88. The van der Waals surface area contributed by atoms with Crippen molar-refractivity contribution in [3.8, 4) is 17.3 Å². The van der Waals surface area contributed by atoms with Crippen molar-refractivity contribution < 1.29 is 0 Å². The van der Waals surface area contributed by atoms with Crippen LogP contribution in [0.3, 0.4) is 0 Å². The van der Waals surface area contributed by atoms with Gasteiger partial charge >= 0.3 is 0 Å². The molecule has 1 aromatic carbocycles. The Morgan fingerprint density at radius 3 is 2.84 bits per heavy atom. The molecule has 3 rings (SSSR count). The van der Waals surface area contributed by atoms with Crippen molar-refractivity contribution in [1.29, 1.82) is 5.26 Å². The highest BCUT2D eigenvalue weighted by atomic mass is 15.4. The zero-order valence-corrected chi connectivity index (χ0v) is 10.1. The second kappa shape index (κ2) is 4.75. The quantitative estimate of drug-likeness (QED) is 0.653. The zero-order valence-electron chi connectivity index (χ0n) is 10.1. The summed E-state index contributed by atoms with van der Waals surface area (Å²) in [6, 6.07) is 15.7. The molecule has 2 aromatic heterocycles. The summed E-state index contributed by atoms with van der Waals surface area (Å²) in [6.45, 7) is 0. The highest BCUT2D eigenvalue weighted by Gasteiger charge is 2.10. The fourth-order valence-electron chi connectivity index (χ4n) is 2.02. The van der Waals surface area contributed by atoms with Gasteiger partial charge in [0.1, 0.15) is 5.69 Å². The van der Waals surface area contributed by atoms with Gasteiger partial charge in [-0.3, -0.25) is 0 Å². The number of pyridine rings is 1. The molecule has 0 spiro atoms. The molecule has 90 valence electrons. The van der Waals surface area contributed by atoms with Gasteiger partial charge in [0.05, 0.1) is 11.6 Å². The number of nitriles is 1. The van der Waals surface area contributed by atoms with Crippen molar-refractivity contribution >= 4 is 11.6 Å². The lowest BCUT2D eigenvalue weighted by molar-refractivity contribution is 0.857. The van der Waals surface area contributed by atoms with Gasteiger partial charge in [-0.1, -0.05) is 35.5 Å². The second-order valence-corrected chi connectivity index (χ2v) is 4.02. The summed E-state index contributed by atoms with van der Waals surface area (Å²) in [5.41, 5.74) is 3.68. The first-order valence-electron chi connectivity index (χ1n) is 5.86. The number of aromatic nitrogens is 3. The molecule has 0 fully saturated rings. The van der Waals surface area contributed by atoms with E-state index in [-0.39, 0.29) is 0 Å². The molecule has 0 amide bonds. The van der Waals surface area contributed by atoms with Crippen molar-refractivity contribution in [3.63, 3.8) is 0 Å². The standard InChI is InChI=1S/C15H10N4/c16-10-5-7-12-6-1-2-8-13(12)15-14-9-3-4-11-19(14)18-17-15/h1-9,11H/b7-5+. The van der Waals surface area contributed by atoms with Crippen LogP contribution in [-0.4, -0.2) is 14.8 Å². The first-order chi connectivity index (χ1) is 9.40. The van der Waals surface area contributed by atoms with E-state index in [9.17, 15) is 0 Å². The molecule has 0 unspecified atom stereocenters.